The number of hydrogen-bond acceptors (Lipinski definition) is 6. The molecule has 3 aromatic rings. The summed E-state index contributed by atoms with van der Waals surface area (Å²) in [7, 11) is -3.23. The summed E-state index contributed by atoms with van der Waals surface area (Å²) >= 11 is 0. The average molecular weight is 290 g/mol. The minimum Gasteiger partial charge on any atom is -0.493 e. The van der Waals surface area contributed by atoms with Crippen LogP contribution in [0.15, 0.2) is 41.7 Å². The Morgan fingerprint density at radius 2 is 1.85 bits per heavy atom. The lowest BCUT2D eigenvalue weighted by atomic mass is 10.3. The molecule has 0 aliphatic carbocycles. The fraction of sp³-hybridized carbons (Fsp3) is 0.0833. The third-order valence-corrected chi connectivity index (χ3v) is 3.98. The van der Waals surface area contributed by atoms with Gasteiger partial charge in [0.1, 0.15) is 11.7 Å². The monoisotopic (exact) mass is 290 g/mol. The van der Waals surface area contributed by atoms with Crippen molar-refractivity contribution in [2.24, 2.45) is 0 Å². The molecule has 0 atom stereocenters. The van der Waals surface area contributed by atoms with Crippen LogP contribution in [-0.2, 0) is 9.84 Å². The van der Waals surface area contributed by atoms with Crippen LogP contribution in [0.1, 0.15) is 0 Å². The molecular formula is C12H10N4O3S. The van der Waals surface area contributed by atoms with E-state index in [2.05, 4.69) is 15.1 Å². The SMILES string of the molecule is CS(=O)(=O)c1ccc(-n2ncc3c(O)ncnc32)cc1. The normalized spacial score (nSPS) is 11.8. The zero-order valence-electron chi connectivity index (χ0n) is 10.4. The van der Waals surface area contributed by atoms with E-state index in [1.54, 1.807) is 12.1 Å². The van der Waals surface area contributed by atoms with E-state index in [0.717, 1.165) is 6.26 Å². The van der Waals surface area contributed by atoms with Gasteiger partial charge in [-0.25, -0.2) is 23.1 Å². The number of rotatable bonds is 2. The minimum atomic E-state index is -3.23. The Kier molecular flexibility index (Phi) is 2.68. The number of hydrogen-bond donors (Lipinski definition) is 1. The molecule has 102 valence electrons. The van der Waals surface area contributed by atoms with Gasteiger partial charge in [0.05, 0.1) is 16.8 Å². The van der Waals surface area contributed by atoms with Gasteiger partial charge in [-0.1, -0.05) is 0 Å². The highest BCUT2D eigenvalue weighted by Crippen LogP contribution is 2.22. The van der Waals surface area contributed by atoms with Gasteiger partial charge in [-0.05, 0) is 24.3 Å². The van der Waals surface area contributed by atoms with Crippen molar-refractivity contribution in [1.29, 1.82) is 0 Å². The van der Waals surface area contributed by atoms with E-state index < -0.39 is 9.84 Å². The Morgan fingerprint density at radius 3 is 2.50 bits per heavy atom. The van der Waals surface area contributed by atoms with Gasteiger partial charge in [-0.15, -0.1) is 0 Å². The number of sulfone groups is 1. The maximum absolute atomic E-state index is 11.4. The maximum atomic E-state index is 11.4. The summed E-state index contributed by atoms with van der Waals surface area (Å²) in [5.74, 6) is -0.144. The highest BCUT2D eigenvalue weighted by Gasteiger charge is 2.11. The van der Waals surface area contributed by atoms with Crippen molar-refractivity contribution in [3.63, 3.8) is 0 Å². The van der Waals surface area contributed by atoms with Crippen LogP contribution in [0.25, 0.3) is 16.7 Å². The van der Waals surface area contributed by atoms with Crippen LogP contribution in [-0.4, -0.2) is 39.5 Å². The summed E-state index contributed by atoms with van der Waals surface area (Å²) in [5, 5.41) is 14.2. The fourth-order valence-electron chi connectivity index (χ4n) is 1.86. The number of fused-ring (bicyclic) bond motifs is 1. The van der Waals surface area contributed by atoms with E-state index in [1.165, 1.54) is 29.3 Å². The lowest BCUT2D eigenvalue weighted by Gasteiger charge is -2.04. The quantitative estimate of drug-likeness (QED) is 0.753. The summed E-state index contributed by atoms with van der Waals surface area (Å²) in [5.41, 5.74) is 1.09. The van der Waals surface area contributed by atoms with Crippen LogP contribution in [0, 0.1) is 0 Å². The summed E-state index contributed by atoms with van der Waals surface area (Å²) < 4.78 is 24.3. The van der Waals surface area contributed by atoms with Crippen molar-refractivity contribution >= 4 is 20.9 Å². The lowest BCUT2D eigenvalue weighted by Crippen LogP contribution is -2.00. The van der Waals surface area contributed by atoms with Crippen molar-refractivity contribution in [2.75, 3.05) is 6.26 Å². The molecule has 20 heavy (non-hydrogen) atoms. The second kappa shape index (κ2) is 4.27. The summed E-state index contributed by atoms with van der Waals surface area (Å²) in [6.07, 6.45) is 3.84. The summed E-state index contributed by atoms with van der Waals surface area (Å²) in [6.45, 7) is 0. The van der Waals surface area contributed by atoms with E-state index in [0.29, 0.717) is 16.7 Å². The highest BCUT2D eigenvalue weighted by atomic mass is 32.2. The average Bonchev–Trinajstić information content (AvgIpc) is 2.83. The Balaban J connectivity index is 2.14. The summed E-state index contributed by atoms with van der Waals surface area (Å²) in [4.78, 5) is 7.96. The third kappa shape index (κ3) is 1.99. The number of benzene rings is 1. The first-order chi connectivity index (χ1) is 9.47. The molecule has 0 aliphatic heterocycles. The molecule has 0 saturated carbocycles. The van der Waals surface area contributed by atoms with Gasteiger partial charge >= 0.3 is 0 Å². The molecule has 3 rings (SSSR count). The second-order valence-corrected chi connectivity index (χ2v) is 6.27. The maximum Gasteiger partial charge on any atom is 0.225 e. The highest BCUT2D eigenvalue weighted by molar-refractivity contribution is 7.90. The molecule has 8 heteroatoms. The molecule has 0 saturated heterocycles. The van der Waals surface area contributed by atoms with Crippen LogP contribution in [0.5, 0.6) is 5.88 Å². The Morgan fingerprint density at radius 1 is 1.15 bits per heavy atom. The lowest BCUT2D eigenvalue weighted by molar-refractivity contribution is 0.459. The molecule has 1 aromatic carbocycles. The van der Waals surface area contributed by atoms with Gasteiger partial charge < -0.3 is 5.11 Å². The molecule has 0 amide bonds. The molecule has 0 fully saturated rings. The van der Waals surface area contributed by atoms with Gasteiger partial charge in [-0.3, -0.25) is 0 Å². The van der Waals surface area contributed by atoms with E-state index >= 15 is 0 Å². The largest absolute Gasteiger partial charge is 0.493 e. The Hall–Kier alpha value is -2.48. The van der Waals surface area contributed by atoms with Crippen LogP contribution in [0.4, 0.5) is 0 Å². The topological polar surface area (TPSA) is 98.0 Å². The number of aromatic nitrogens is 4. The van der Waals surface area contributed by atoms with E-state index in [9.17, 15) is 13.5 Å². The molecule has 7 nitrogen and oxygen atoms in total. The predicted octanol–water partition coefficient (Wildman–Crippen LogP) is 0.925. The van der Waals surface area contributed by atoms with Gasteiger partial charge in [0.2, 0.25) is 5.88 Å². The molecule has 0 spiro atoms. The van der Waals surface area contributed by atoms with Crippen LogP contribution in [0.3, 0.4) is 0 Å². The van der Waals surface area contributed by atoms with E-state index in [1.807, 2.05) is 0 Å². The van der Waals surface area contributed by atoms with Gasteiger partial charge in [0, 0.05) is 6.26 Å². The zero-order chi connectivity index (χ0) is 14.3. The number of aromatic hydroxyl groups is 1. The minimum absolute atomic E-state index is 0.144. The first kappa shape index (κ1) is 12.5. The van der Waals surface area contributed by atoms with E-state index in [4.69, 9.17) is 0 Å². The Labute approximate surface area is 114 Å². The molecule has 2 aromatic heterocycles. The van der Waals surface area contributed by atoms with Crippen molar-refractivity contribution in [3.05, 3.63) is 36.8 Å². The van der Waals surface area contributed by atoms with Gasteiger partial charge in [0.15, 0.2) is 15.5 Å². The number of nitrogens with zero attached hydrogens (tertiary/aromatic N) is 4. The first-order valence-corrected chi connectivity index (χ1v) is 7.54. The molecule has 1 N–H and O–H groups in total. The smallest absolute Gasteiger partial charge is 0.225 e. The first-order valence-electron chi connectivity index (χ1n) is 5.65. The van der Waals surface area contributed by atoms with E-state index in [-0.39, 0.29) is 10.8 Å². The predicted molar refractivity (Wildman–Crippen MR) is 71.4 cm³/mol. The molecule has 0 aliphatic rings. The van der Waals surface area contributed by atoms with Crippen LogP contribution in [0.2, 0.25) is 0 Å². The van der Waals surface area contributed by atoms with Crippen LogP contribution < -0.4 is 0 Å². The standard InChI is InChI=1S/C12H10N4O3S/c1-20(18,19)9-4-2-8(3-5-9)16-11-10(6-15-16)12(17)14-7-13-11/h2-7H,1H3,(H,13,14,17). The molecule has 2 heterocycles. The molecule has 0 unspecified atom stereocenters. The van der Waals surface area contributed by atoms with Gasteiger partial charge in [0.25, 0.3) is 0 Å². The molecular weight excluding hydrogens is 280 g/mol. The zero-order valence-corrected chi connectivity index (χ0v) is 11.2. The van der Waals surface area contributed by atoms with Crippen molar-refractivity contribution in [2.45, 2.75) is 4.90 Å². The molecule has 0 radical (unpaired) electrons. The van der Waals surface area contributed by atoms with Gasteiger partial charge in [-0.2, -0.15) is 5.10 Å². The van der Waals surface area contributed by atoms with Crippen LogP contribution >= 0.6 is 0 Å². The van der Waals surface area contributed by atoms with Crippen molar-refractivity contribution < 1.29 is 13.5 Å². The van der Waals surface area contributed by atoms with Crippen molar-refractivity contribution in [1.82, 2.24) is 19.7 Å². The third-order valence-electron chi connectivity index (χ3n) is 2.85. The second-order valence-electron chi connectivity index (χ2n) is 4.26. The summed E-state index contributed by atoms with van der Waals surface area (Å²) in [6, 6.07) is 6.25. The Bertz CT molecular complexity index is 885. The molecule has 0 bridgehead atoms. The van der Waals surface area contributed by atoms with Crippen molar-refractivity contribution in [3.8, 4) is 11.6 Å². The fourth-order valence-corrected chi connectivity index (χ4v) is 2.49.